The predicted molar refractivity (Wildman–Crippen MR) is 40.3 cm³/mol. The van der Waals surface area contributed by atoms with Crippen LogP contribution in [-0.2, 0) is 6.54 Å². The number of rotatable bonds is 1. The Morgan fingerprint density at radius 1 is 1.50 bits per heavy atom. The molecule has 0 fully saturated rings. The standard InChI is InChI=1S/C7H7FN.Li.H/c8-7-3-1-6(5-9)2-4-7;;/h1-3H,5,9H2;;. The first-order valence-corrected chi connectivity index (χ1v) is 2.69. The van der Waals surface area contributed by atoms with Gasteiger partial charge in [0.1, 0.15) is 5.82 Å². The van der Waals surface area contributed by atoms with Crippen molar-refractivity contribution < 1.29 is 4.39 Å². The second kappa shape index (κ2) is 4.51. The van der Waals surface area contributed by atoms with Crippen LogP contribution < -0.4 is 5.73 Å². The van der Waals surface area contributed by atoms with Crippen molar-refractivity contribution in [2.24, 2.45) is 5.73 Å². The summed E-state index contributed by atoms with van der Waals surface area (Å²) in [4.78, 5) is 0. The minimum absolute atomic E-state index is 0. The van der Waals surface area contributed by atoms with Gasteiger partial charge >= 0.3 is 18.9 Å². The Morgan fingerprint density at radius 3 is 2.60 bits per heavy atom. The first-order chi connectivity index (χ1) is 4.33. The molecule has 0 spiro atoms. The molecule has 3 heteroatoms. The van der Waals surface area contributed by atoms with Crippen LogP contribution >= 0.6 is 0 Å². The Hall–Kier alpha value is -0.293. The molecular formula is C7H8FLiN. The van der Waals surface area contributed by atoms with Crippen LogP contribution in [0.3, 0.4) is 0 Å². The molecule has 1 nitrogen and oxygen atoms in total. The number of hydrogen-bond acceptors (Lipinski definition) is 1. The molecule has 0 saturated carbocycles. The Kier molecular flexibility index (Phi) is 4.38. The average Bonchev–Trinajstić information content (AvgIpc) is 1.90. The molecular weight excluding hydrogens is 124 g/mol. The molecule has 49 valence electrons. The zero-order valence-electron chi connectivity index (χ0n) is 4.89. The van der Waals surface area contributed by atoms with Gasteiger partial charge in [-0.25, -0.2) is 4.39 Å². The Bertz CT molecular complexity index is 185. The molecule has 1 aromatic carbocycles. The maximum absolute atomic E-state index is 12.1. The van der Waals surface area contributed by atoms with Gasteiger partial charge in [0.25, 0.3) is 0 Å². The van der Waals surface area contributed by atoms with Crippen LogP contribution in [0.1, 0.15) is 5.56 Å². The molecule has 0 aromatic heterocycles. The zero-order valence-corrected chi connectivity index (χ0v) is 4.89. The van der Waals surface area contributed by atoms with Gasteiger partial charge in [-0.1, -0.05) is 6.07 Å². The van der Waals surface area contributed by atoms with E-state index < -0.39 is 0 Å². The molecule has 2 N–H and O–H groups in total. The molecule has 0 aliphatic heterocycles. The van der Waals surface area contributed by atoms with E-state index in [1.165, 1.54) is 6.07 Å². The first-order valence-electron chi connectivity index (χ1n) is 2.69. The Morgan fingerprint density at radius 2 is 2.20 bits per heavy atom. The molecule has 0 bridgehead atoms. The molecule has 0 aliphatic carbocycles. The van der Waals surface area contributed by atoms with Crippen molar-refractivity contribution in [3.05, 3.63) is 35.6 Å². The van der Waals surface area contributed by atoms with Crippen molar-refractivity contribution in [3.8, 4) is 0 Å². The minimum atomic E-state index is -0.341. The van der Waals surface area contributed by atoms with Crippen molar-refractivity contribution in [3.63, 3.8) is 0 Å². The molecule has 10 heavy (non-hydrogen) atoms. The summed E-state index contributed by atoms with van der Waals surface area (Å²) < 4.78 is 12.1. The van der Waals surface area contributed by atoms with Crippen LogP contribution in [0.25, 0.3) is 0 Å². The summed E-state index contributed by atoms with van der Waals surface area (Å²) >= 11 is 0. The number of nitrogens with two attached hydrogens (primary N) is 1. The fourth-order valence-electron chi connectivity index (χ4n) is 0.565. The zero-order chi connectivity index (χ0) is 6.69. The summed E-state index contributed by atoms with van der Waals surface area (Å²) in [5.41, 5.74) is 6.16. The van der Waals surface area contributed by atoms with Gasteiger partial charge < -0.3 is 5.73 Å². The summed E-state index contributed by atoms with van der Waals surface area (Å²) in [5.74, 6) is -0.341. The molecule has 1 aromatic rings. The molecule has 0 saturated heterocycles. The van der Waals surface area contributed by atoms with Gasteiger partial charge in [-0.05, 0) is 17.7 Å². The van der Waals surface area contributed by atoms with E-state index in [1.54, 1.807) is 12.1 Å². The van der Waals surface area contributed by atoms with E-state index >= 15 is 0 Å². The van der Waals surface area contributed by atoms with Crippen LogP contribution in [0, 0.1) is 11.9 Å². The Balaban J connectivity index is 0.000000810. The summed E-state index contributed by atoms with van der Waals surface area (Å²) in [6.07, 6.45) is 0. The van der Waals surface area contributed by atoms with Crippen LogP contribution in [-0.4, -0.2) is 18.9 Å². The van der Waals surface area contributed by atoms with Gasteiger partial charge in [-0.3, -0.25) is 0 Å². The normalized spacial score (nSPS) is 8.60. The number of hydrogen-bond donors (Lipinski definition) is 1. The van der Waals surface area contributed by atoms with Gasteiger partial charge in [-0.15, -0.1) is 0 Å². The maximum atomic E-state index is 12.1. The molecule has 0 atom stereocenters. The monoisotopic (exact) mass is 132 g/mol. The van der Waals surface area contributed by atoms with Crippen LogP contribution in [0.4, 0.5) is 4.39 Å². The van der Waals surface area contributed by atoms with E-state index in [4.69, 9.17) is 5.73 Å². The van der Waals surface area contributed by atoms with Crippen molar-refractivity contribution in [2.45, 2.75) is 6.54 Å². The third kappa shape index (κ3) is 2.53. The number of benzene rings is 1. The van der Waals surface area contributed by atoms with E-state index in [2.05, 4.69) is 6.07 Å². The predicted octanol–water partition coefficient (Wildman–Crippen LogP) is 0.436. The quantitative estimate of drug-likeness (QED) is 0.551. The molecule has 0 amide bonds. The number of halogens is 1. The van der Waals surface area contributed by atoms with Crippen molar-refractivity contribution in [1.29, 1.82) is 0 Å². The van der Waals surface area contributed by atoms with Crippen molar-refractivity contribution >= 4 is 18.9 Å². The molecule has 0 unspecified atom stereocenters. The first kappa shape index (κ1) is 9.71. The Labute approximate surface area is 71.6 Å². The van der Waals surface area contributed by atoms with Crippen LogP contribution in [0.15, 0.2) is 18.2 Å². The van der Waals surface area contributed by atoms with E-state index in [0.717, 1.165) is 5.56 Å². The van der Waals surface area contributed by atoms with Crippen molar-refractivity contribution in [1.82, 2.24) is 0 Å². The molecule has 0 heterocycles. The third-order valence-corrected chi connectivity index (χ3v) is 1.07. The second-order valence-electron chi connectivity index (χ2n) is 1.75. The van der Waals surface area contributed by atoms with Gasteiger partial charge in [0.05, 0.1) is 0 Å². The van der Waals surface area contributed by atoms with Crippen LogP contribution in [0.5, 0.6) is 0 Å². The average molecular weight is 132 g/mol. The van der Waals surface area contributed by atoms with E-state index in [1.807, 2.05) is 0 Å². The molecule has 1 radical (unpaired) electrons. The molecule has 1 rings (SSSR count). The van der Waals surface area contributed by atoms with E-state index in [9.17, 15) is 4.39 Å². The fourth-order valence-corrected chi connectivity index (χ4v) is 0.565. The van der Waals surface area contributed by atoms with E-state index in [0.29, 0.717) is 6.54 Å². The van der Waals surface area contributed by atoms with Gasteiger partial charge in [0, 0.05) is 12.6 Å². The van der Waals surface area contributed by atoms with Gasteiger partial charge in [-0.2, -0.15) is 0 Å². The van der Waals surface area contributed by atoms with Gasteiger partial charge in [0.15, 0.2) is 0 Å². The third-order valence-electron chi connectivity index (χ3n) is 1.07. The van der Waals surface area contributed by atoms with E-state index in [-0.39, 0.29) is 24.7 Å². The summed E-state index contributed by atoms with van der Waals surface area (Å²) in [6.45, 7) is 0.441. The van der Waals surface area contributed by atoms with Gasteiger partial charge in [0.2, 0.25) is 0 Å². The van der Waals surface area contributed by atoms with Crippen LogP contribution in [0.2, 0.25) is 0 Å². The fraction of sp³-hybridized carbons (Fsp3) is 0.143. The summed E-state index contributed by atoms with van der Waals surface area (Å²) in [5, 5.41) is 0. The second-order valence-corrected chi connectivity index (χ2v) is 1.75. The van der Waals surface area contributed by atoms with Crippen molar-refractivity contribution in [2.75, 3.05) is 0 Å². The summed E-state index contributed by atoms with van der Waals surface area (Å²) in [6, 6.07) is 6.95. The SMILES string of the molecule is NCc1c[c]c(F)cc1.[LiH]. The topological polar surface area (TPSA) is 26.0 Å². The summed E-state index contributed by atoms with van der Waals surface area (Å²) in [7, 11) is 0. The molecule has 0 aliphatic rings.